The van der Waals surface area contributed by atoms with E-state index in [1.807, 2.05) is 6.07 Å². The molecule has 0 fully saturated rings. The van der Waals surface area contributed by atoms with Gasteiger partial charge in [0.05, 0.1) is 23.7 Å². The van der Waals surface area contributed by atoms with Crippen LogP contribution in [0.3, 0.4) is 0 Å². The predicted molar refractivity (Wildman–Crippen MR) is 98.4 cm³/mol. The number of H-pyrrole nitrogens is 1. The Kier molecular flexibility index (Phi) is 3.72. The molecule has 0 saturated carbocycles. The Hall–Kier alpha value is -2.70. The largest absolute Gasteiger partial charge is 0.371 e. The van der Waals surface area contributed by atoms with E-state index in [-0.39, 0.29) is 11.9 Å². The zero-order valence-corrected chi connectivity index (χ0v) is 14.2. The third kappa shape index (κ3) is 2.58. The average Bonchev–Trinajstić information content (AvgIpc) is 3.23. The lowest BCUT2D eigenvalue weighted by Crippen LogP contribution is -2.32. The summed E-state index contributed by atoms with van der Waals surface area (Å²) < 4.78 is 21.4. The molecule has 6 heteroatoms. The van der Waals surface area contributed by atoms with Gasteiger partial charge in [0.2, 0.25) is 0 Å². The van der Waals surface area contributed by atoms with Gasteiger partial charge in [0.25, 0.3) is 0 Å². The summed E-state index contributed by atoms with van der Waals surface area (Å²) in [5.41, 5.74) is 4.04. The van der Waals surface area contributed by atoms with Gasteiger partial charge in [-0.05, 0) is 23.8 Å². The van der Waals surface area contributed by atoms with Crippen molar-refractivity contribution in [1.29, 1.82) is 0 Å². The number of nitrogens with zero attached hydrogens (tertiary/aromatic N) is 2. The van der Waals surface area contributed by atoms with E-state index in [0.717, 1.165) is 29.9 Å². The van der Waals surface area contributed by atoms with Crippen molar-refractivity contribution in [2.45, 2.75) is 19.2 Å². The molecule has 2 aromatic carbocycles. The van der Waals surface area contributed by atoms with Crippen molar-refractivity contribution in [2.75, 3.05) is 13.2 Å². The topological polar surface area (TPSA) is 54.9 Å². The Morgan fingerprint density at radius 1 is 1.27 bits per heavy atom. The molecule has 132 valence electrons. The van der Waals surface area contributed by atoms with Crippen LogP contribution in [-0.4, -0.2) is 27.7 Å². The Morgan fingerprint density at radius 2 is 2.19 bits per heavy atom. The molecular formula is C20H19FN4O. The fraction of sp³-hybridized carbons (Fsp3) is 0.250. The first-order valence-corrected chi connectivity index (χ1v) is 8.79. The number of hydrogen-bond acceptors (Lipinski definition) is 3. The second-order valence-corrected chi connectivity index (χ2v) is 6.69. The van der Waals surface area contributed by atoms with Crippen molar-refractivity contribution in [3.63, 3.8) is 0 Å². The first-order valence-electron chi connectivity index (χ1n) is 8.79. The number of nitrogens with one attached hydrogen (secondary N) is 2. The van der Waals surface area contributed by atoms with E-state index in [1.165, 1.54) is 23.1 Å². The summed E-state index contributed by atoms with van der Waals surface area (Å²) in [5.74, 6) is 0.596. The molecule has 2 aromatic heterocycles. The molecule has 0 bridgehead atoms. The van der Waals surface area contributed by atoms with Crippen LogP contribution in [0.4, 0.5) is 4.39 Å². The third-order valence-electron chi connectivity index (χ3n) is 5.00. The van der Waals surface area contributed by atoms with Crippen molar-refractivity contribution in [2.24, 2.45) is 0 Å². The Balaban J connectivity index is 1.36. The molecule has 5 nitrogen and oxygen atoms in total. The van der Waals surface area contributed by atoms with Crippen LogP contribution in [0.2, 0.25) is 0 Å². The molecular weight excluding hydrogens is 331 g/mol. The Morgan fingerprint density at radius 3 is 3.15 bits per heavy atom. The molecule has 5 rings (SSSR count). The van der Waals surface area contributed by atoms with E-state index in [2.05, 4.69) is 44.2 Å². The van der Waals surface area contributed by atoms with Crippen LogP contribution in [0.25, 0.3) is 21.9 Å². The summed E-state index contributed by atoms with van der Waals surface area (Å²) in [6, 6.07) is 13.2. The van der Waals surface area contributed by atoms with Crippen molar-refractivity contribution >= 4 is 21.9 Å². The van der Waals surface area contributed by atoms with Crippen molar-refractivity contribution in [1.82, 2.24) is 19.9 Å². The number of aromatic nitrogens is 3. The van der Waals surface area contributed by atoms with Gasteiger partial charge in [-0.2, -0.15) is 0 Å². The third-order valence-corrected chi connectivity index (χ3v) is 5.00. The second kappa shape index (κ2) is 6.23. The number of hydrogen-bond donors (Lipinski definition) is 2. The number of ether oxygens (including phenoxy) is 1. The van der Waals surface area contributed by atoms with Gasteiger partial charge in [0, 0.05) is 36.3 Å². The summed E-state index contributed by atoms with van der Waals surface area (Å²) in [6.45, 7) is 2.62. The van der Waals surface area contributed by atoms with Crippen LogP contribution in [0.15, 0.2) is 48.7 Å². The fourth-order valence-corrected chi connectivity index (χ4v) is 3.79. The summed E-state index contributed by atoms with van der Waals surface area (Å²) in [4.78, 5) is 7.83. The minimum atomic E-state index is -0.261. The summed E-state index contributed by atoms with van der Waals surface area (Å²) in [5, 5.41) is 4.77. The highest BCUT2D eigenvalue weighted by molar-refractivity contribution is 5.83. The lowest BCUT2D eigenvalue weighted by Gasteiger charge is -2.26. The number of rotatable bonds is 4. The maximum absolute atomic E-state index is 13.5. The van der Waals surface area contributed by atoms with Crippen LogP contribution >= 0.6 is 0 Å². The standard InChI is InChI=1S/C20H19FN4O/c21-14-5-6-19-18(7-14)24-20-12-26-11-15(25(19)20)10-22-8-13-9-23-17-4-2-1-3-16(13)17/h1-7,9,15,22-23H,8,10-12H2. The van der Waals surface area contributed by atoms with Crippen molar-refractivity contribution in [3.05, 3.63) is 65.9 Å². The summed E-state index contributed by atoms with van der Waals surface area (Å²) >= 11 is 0. The first kappa shape index (κ1) is 15.5. The van der Waals surface area contributed by atoms with Crippen LogP contribution in [-0.2, 0) is 17.9 Å². The van der Waals surface area contributed by atoms with Gasteiger partial charge >= 0.3 is 0 Å². The fourth-order valence-electron chi connectivity index (χ4n) is 3.79. The molecule has 3 heterocycles. The lowest BCUT2D eigenvalue weighted by molar-refractivity contribution is 0.0564. The maximum Gasteiger partial charge on any atom is 0.136 e. The van der Waals surface area contributed by atoms with Gasteiger partial charge < -0.3 is 19.6 Å². The van der Waals surface area contributed by atoms with Gasteiger partial charge in [-0.25, -0.2) is 9.37 Å². The molecule has 2 N–H and O–H groups in total. The molecule has 1 aliphatic rings. The number of imidazole rings is 1. The second-order valence-electron chi connectivity index (χ2n) is 6.69. The van der Waals surface area contributed by atoms with Crippen LogP contribution in [0.1, 0.15) is 17.4 Å². The highest BCUT2D eigenvalue weighted by atomic mass is 19.1. The highest BCUT2D eigenvalue weighted by Crippen LogP contribution is 2.26. The average molecular weight is 350 g/mol. The van der Waals surface area contributed by atoms with Gasteiger partial charge in [0.1, 0.15) is 18.2 Å². The van der Waals surface area contributed by atoms with Gasteiger partial charge in [-0.1, -0.05) is 18.2 Å². The van der Waals surface area contributed by atoms with E-state index >= 15 is 0 Å². The van der Waals surface area contributed by atoms with E-state index in [4.69, 9.17) is 4.74 Å². The maximum atomic E-state index is 13.5. The van der Waals surface area contributed by atoms with Crippen LogP contribution in [0, 0.1) is 5.82 Å². The number of fused-ring (bicyclic) bond motifs is 4. The first-order chi connectivity index (χ1) is 12.8. The van der Waals surface area contributed by atoms with Crippen LogP contribution in [0.5, 0.6) is 0 Å². The Bertz CT molecular complexity index is 1080. The van der Waals surface area contributed by atoms with Gasteiger partial charge in [0.15, 0.2) is 0 Å². The quantitative estimate of drug-likeness (QED) is 0.592. The van der Waals surface area contributed by atoms with E-state index in [1.54, 1.807) is 6.07 Å². The van der Waals surface area contributed by atoms with E-state index < -0.39 is 0 Å². The van der Waals surface area contributed by atoms with E-state index in [0.29, 0.717) is 18.7 Å². The highest BCUT2D eigenvalue weighted by Gasteiger charge is 2.24. The predicted octanol–water partition coefficient (Wildman–Crippen LogP) is 3.52. The molecule has 0 radical (unpaired) electrons. The normalized spacial score (nSPS) is 17.0. The van der Waals surface area contributed by atoms with Gasteiger partial charge in [-0.15, -0.1) is 0 Å². The molecule has 0 saturated heterocycles. The Labute approximate surface area is 149 Å². The number of benzene rings is 2. The molecule has 0 aliphatic carbocycles. The summed E-state index contributed by atoms with van der Waals surface area (Å²) in [7, 11) is 0. The molecule has 1 unspecified atom stereocenters. The number of para-hydroxylation sites is 1. The van der Waals surface area contributed by atoms with Crippen molar-refractivity contribution < 1.29 is 9.13 Å². The monoisotopic (exact) mass is 350 g/mol. The minimum absolute atomic E-state index is 0.138. The molecule has 0 spiro atoms. The molecule has 1 aliphatic heterocycles. The summed E-state index contributed by atoms with van der Waals surface area (Å²) in [6.07, 6.45) is 2.05. The minimum Gasteiger partial charge on any atom is -0.371 e. The zero-order valence-electron chi connectivity index (χ0n) is 14.2. The number of aromatic amines is 1. The van der Waals surface area contributed by atoms with Gasteiger partial charge in [-0.3, -0.25) is 0 Å². The molecule has 4 aromatic rings. The molecule has 0 amide bonds. The number of halogens is 1. The molecule has 26 heavy (non-hydrogen) atoms. The van der Waals surface area contributed by atoms with E-state index in [9.17, 15) is 4.39 Å². The lowest BCUT2D eigenvalue weighted by atomic mass is 10.1. The smallest absolute Gasteiger partial charge is 0.136 e. The van der Waals surface area contributed by atoms with Crippen LogP contribution < -0.4 is 5.32 Å². The molecule has 1 atom stereocenters. The zero-order chi connectivity index (χ0) is 17.5. The SMILES string of the molecule is Fc1ccc2c(c1)nc1n2C(CNCc2c[nH]c3ccccc23)COC1. The van der Waals surface area contributed by atoms with Crippen molar-refractivity contribution in [3.8, 4) is 0 Å².